The Morgan fingerprint density at radius 2 is 1.88 bits per heavy atom. The zero-order valence-corrected chi connectivity index (χ0v) is 14.7. The van der Waals surface area contributed by atoms with E-state index >= 15 is 0 Å². The number of hydrogen-bond acceptors (Lipinski definition) is 5. The summed E-state index contributed by atoms with van der Waals surface area (Å²) in [6.45, 7) is 6.03. The monoisotopic (exact) mass is 345 g/mol. The van der Waals surface area contributed by atoms with Crippen molar-refractivity contribution in [3.63, 3.8) is 0 Å². The highest BCUT2D eigenvalue weighted by molar-refractivity contribution is 5.89. The van der Waals surface area contributed by atoms with E-state index in [2.05, 4.69) is 15.4 Å². The standard InChI is InChI=1S/C18H23N3O4/c1-18(2,3)14(25-17(24)12-8-5-4-6-9-12)11-7-10-13-15(16(22)23)20-21-19-13/h4-6,8-9,14H,7,10-11H2,1-3H3,(H,22,23)(H,19,20,21). The molecule has 0 spiro atoms. The highest BCUT2D eigenvalue weighted by Crippen LogP contribution is 2.27. The van der Waals surface area contributed by atoms with Gasteiger partial charge >= 0.3 is 11.9 Å². The van der Waals surface area contributed by atoms with Crippen molar-refractivity contribution >= 4 is 11.9 Å². The number of rotatable bonds is 7. The summed E-state index contributed by atoms with van der Waals surface area (Å²) in [4.78, 5) is 23.4. The molecule has 2 aromatic rings. The fraction of sp³-hybridized carbons (Fsp3) is 0.444. The number of benzene rings is 1. The number of carbonyl (C=O) groups is 2. The maximum Gasteiger partial charge on any atom is 0.358 e. The van der Waals surface area contributed by atoms with Crippen LogP contribution in [0.1, 0.15) is 60.2 Å². The van der Waals surface area contributed by atoms with Crippen molar-refractivity contribution in [1.82, 2.24) is 15.4 Å². The van der Waals surface area contributed by atoms with Gasteiger partial charge in [-0.3, -0.25) is 0 Å². The molecule has 7 heteroatoms. The SMILES string of the molecule is CC(C)(C)C(CCCc1n[nH]nc1C(=O)O)OC(=O)c1ccccc1. The van der Waals surface area contributed by atoms with E-state index in [1.54, 1.807) is 24.3 Å². The van der Waals surface area contributed by atoms with Gasteiger partial charge < -0.3 is 9.84 Å². The molecule has 1 unspecified atom stereocenters. The number of esters is 1. The predicted molar refractivity (Wildman–Crippen MR) is 91.4 cm³/mol. The molecule has 0 radical (unpaired) electrons. The number of aromatic carboxylic acids is 1. The van der Waals surface area contributed by atoms with Crippen LogP contribution in [0.2, 0.25) is 0 Å². The van der Waals surface area contributed by atoms with Gasteiger partial charge in [0.15, 0.2) is 5.69 Å². The number of H-pyrrole nitrogens is 1. The van der Waals surface area contributed by atoms with Crippen molar-refractivity contribution < 1.29 is 19.4 Å². The van der Waals surface area contributed by atoms with Gasteiger partial charge in [-0.2, -0.15) is 10.3 Å². The summed E-state index contributed by atoms with van der Waals surface area (Å²) in [7, 11) is 0. The lowest BCUT2D eigenvalue weighted by molar-refractivity contribution is -0.00665. The van der Waals surface area contributed by atoms with Gasteiger partial charge in [-0.15, -0.1) is 5.10 Å². The molecule has 25 heavy (non-hydrogen) atoms. The van der Waals surface area contributed by atoms with E-state index in [-0.39, 0.29) is 23.2 Å². The fourth-order valence-corrected chi connectivity index (χ4v) is 2.49. The van der Waals surface area contributed by atoms with Crippen LogP contribution in [-0.2, 0) is 11.2 Å². The van der Waals surface area contributed by atoms with Gasteiger partial charge in [-0.25, -0.2) is 9.59 Å². The lowest BCUT2D eigenvalue weighted by Gasteiger charge is -2.30. The molecule has 1 atom stereocenters. The Hall–Kier alpha value is -2.70. The van der Waals surface area contributed by atoms with E-state index in [1.165, 1.54) is 0 Å². The molecule has 0 bridgehead atoms. The molecule has 2 rings (SSSR count). The van der Waals surface area contributed by atoms with Gasteiger partial charge in [-0.1, -0.05) is 39.0 Å². The highest BCUT2D eigenvalue weighted by atomic mass is 16.5. The quantitative estimate of drug-likeness (QED) is 0.747. The van der Waals surface area contributed by atoms with Gasteiger partial charge in [0.2, 0.25) is 0 Å². The summed E-state index contributed by atoms with van der Waals surface area (Å²) in [5, 5.41) is 18.9. The number of carbonyl (C=O) groups excluding carboxylic acids is 1. The van der Waals surface area contributed by atoms with Gasteiger partial charge in [0.1, 0.15) is 6.10 Å². The number of nitrogens with one attached hydrogen (secondary N) is 1. The van der Waals surface area contributed by atoms with E-state index in [0.29, 0.717) is 30.5 Å². The Kier molecular flexibility index (Phi) is 5.90. The largest absolute Gasteiger partial charge is 0.476 e. The first-order chi connectivity index (χ1) is 11.8. The first kappa shape index (κ1) is 18.6. The molecule has 0 fully saturated rings. The number of aryl methyl sites for hydroxylation is 1. The van der Waals surface area contributed by atoms with Crippen molar-refractivity contribution in [2.45, 2.75) is 46.1 Å². The third kappa shape index (κ3) is 5.14. The average Bonchev–Trinajstić information content (AvgIpc) is 3.02. The van der Waals surface area contributed by atoms with Crippen LogP contribution in [-0.4, -0.2) is 38.6 Å². The summed E-state index contributed by atoms with van der Waals surface area (Å²) in [5.41, 5.74) is 0.633. The summed E-state index contributed by atoms with van der Waals surface area (Å²) in [6.07, 6.45) is 1.40. The van der Waals surface area contributed by atoms with E-state index in [0.717, 1.165) is 0 Å². The third-order valence-electron chi connectivity index (χ3n) is 3.93. The number of aromatic nitrogens is 3. The topological polar surface area (TPSA) is 105 Å². The fourth-order valence-electron chi connectivity index (χ4n) is 2.49. The second kappa shape index (κ2) is 7.92. The predicted octanol–water partition coefficient (Wildman–Crippen LogP) is 3.10. The van der Waals surface area contributed by atoms with Crippen LogP contribution < -0.4 is 0 Å². The molecule has 0 aliphatic rings. The lowest BCUT2D eigenvalue weighted by atomic mass is 9.85. The van der Waals surface area contributed by atoms with Gasteiger partial charge in [-0.05, 0) is 36.8 Å². The van der Waals surface area contributed by atoms with E-state index in [4.69, 9.17) is 9.84 Å². The number of aromatic amines is 1. The maximum absolute atomic E-state index is 12.3. The molecule has 134 valence electrons. The molecule has 0 amide bonds. The second-order valence-corrected chi connectivity index (χ2v) is 6.94. The average molecular weight is 345 g/mol. The minimum Gasteiger partial charge on any atom is -0.476 e. The maximum atomic E-state index is 12.3. The molecule has 0 aliphatic heterocycles. The molecular formula is C18H23N3O4. The Morgan fingerprint density at radius 3 is 2.48 bits per heavy atom. The zero-order valence-electron chi connectivity index (χ0n) is 14.7. The molecule has 1 aromatic carbocycles. The number of carboxylic acid groups (broad SMARTS) is 1. The number of hydrogen-bond donors (Lipinski definition) is 2. The summed E-state index contributed by atoms with van der Waals surface area (Å²) in [6, 6.07) is 8.87. The first-order valence-corrected chi connectivity index (χ1v) is 8.18. The Labute approximate surface area is 146 Å². The Balaban J connectivity index is 1.98. The Bertz CT molecular complexity index is 719. The minimum absolute atomic E-state index is 0.0615. The molecule has 1 aromatic heterocycles. The first-order valence-electron chi connectivity index (χ1n) is 8.18. The molecule has 0 saturated carbocycles. The van der Waals surface area contributed by atoms with Crippen molar-refractivity contribution in [2.24, 2.45) is 5.41 Å². The van der Waals surface area contributed by atoms with Crippen molar-refractivity contribution in [2.75, 3.05) is 0 Å². The molecule has 0 aliphatic carbocycles. The molecule has 7 nitrogen and oxygen atoms in total. The van der Waals surface area contributed by atoms with Gasteiger partial charge in [0.05, 0.1) is 11.3 Å². The molecular weight excluding hydrogens is 322 g/mol. The van der Waals surface area contributed by atoms with Crippen molar-refractivity contribution in [1.29, 1.82) is 0 Å². The number of nitrogens with zero attached hydrogens (tertiary/aromatic N) is 2. The van der Waals surface area contributed by atoms with E-state index in [9.17, 15) is 9.59 Å². The smallest absolute Gasteiger partial charge is 0.358 e. The van der Waals surface area contributed by atoms with Crippen LogP contribution in [0.3, 0.4) is 0 Å². The van der Waals surface area contributed by atoms with Crippen LogP contribution in [0.4, 0.5) is 0 Å². The minimum atomic E-state index is -1.10. The highest BCUT2D eigenvalue weighted by Gasteiger charge is 2.28. The van der Waals surface area contributed by atoms with E-state index < -0.39 is 5.97 Å². The van der Waals surface area contributed by atoms with Crippen LogP contribution in [0.15, 0.2) is 30.3 Å². The third-order valence-corrected chi connectivity index (χ3v) is 3.93. The Morgan fingerprint density at radius 1 is 1.20 bits per heavy atom. The van der Waals surface area contributed by atoms with Gasteiger partial charge in [0.25, 0.3) is 0 Å². The number of carboxylic acids is 1. The van der Waals surface area contributed by atoms with Crippen molar-refractivity contribution in [3.05, 3.63) is 47.3 Å². The van der Waals surface area contributed by atoms with Crippen molar-refractivity contribution in [3.8, 4) is 0 Å². The molecule has 2 N–H and O–H groups in total. The zero-order chi connectivity index (χ0) is 18.4. The summed E-state index contributed by atoms with van der Waals surface area (Å²) in [5.74, 6) is -1.46. The summed E-state index contributed by atoms with van der Waals surface area (Å²) >= 11 is 0. The van der Waals surface area contributed by atoms with Crippen LogP contribution in [0.5, 0.6) is 0 Å². The molecule has 0 saturated heterocycles. The van der Waals surface area contributed by atoms with Crippen LogP contribution in [0, 0.1) is 5.41 Å². The summed E-state index contributed by atoms with van der Waals surface area (Å²) < 4.78 is 5.70. The normalized spacial score (nSPS) is 12.6. The second-order valence-electron chi connectivity index (χ2n) is 6.94. The van der Waals surface area contributed by atoms with Crippen LogP contribution >= 0.6 is 0 Å². The van der Waals surface area contributed by atoms with Crippen LogP contribution in [0.25, 0.3) is 0 Å². The molecule has 1 heterocycles. The van der Waals surface area contributed by atoms with E-state index in [1.807, 2.05) is 26.8 Å². The lowest BCUT2D eigenvalue weighted by Crippen LogP contribution is -2.32. The van der Waals surface area contributed by atoms with Gasteiger partial charge in [0, 0.05) is 0 Å². The number of ether oxygens (including phenoxy) is 1.